The Balaban J connectivity index is 1.42. The summed E-state index contributed by atoms with van der Waals surface area (Å²) in [4.78, 5) is 27.5. The topological polar surface area (TPSA) is 79.8 Å². The fourth-order valence-electron chi connectivity index (χ4n) is 6.96. The number of nitrogens with zero attached hydrogens (tertiary/aromatic N) is 2. The smallest absolute Gasteiger partial charge is 0.323 e. The second-order valence-corrected chi connectivity index (χ2v) is 8.13. The first kappa shape index (κ1) is 11.2. The zero-order valence-electron chi connectivity index (χ0n) is 11.7. The second kappa shape index (κ2) is 2.52. The molecular formula is C15H16N2O3. The van der Waals surface area contributed by atoms with Crippen LogP contribution in [0.5, 0.6) is 0 Å². The Morgan fingerprint density at radius 3 is 1.90 bits per heavy atom. The highest BCUT2D eigenvalue weighted by Crippen LogP contribution is 3.10. The number of ketones is 1. The molecule has 0 saturated heterocycles. The molecule has 0 amide bonds. The molecule has 0 heterocycles. The molecule has 0 aromatic heterocycles. The summed E-state index contributed by atoms with van der Waals surface area (Å²) in [6.07, 6.45) is 1.06. The van der Waals surface area contributed by atoms with Gasteiger partial charge in [0.25, 0.3) is 0 Å². The fourth-order valence-corrected chi connectivity index (χ4v) is 6.96. The van der Waals surface area contributed by atoms with Gasteiger partial charge in [0.05, 0.1) is 10.8 Å². The van der Waals surface area contributed by atoms with E-state index in [0.29, 0.717) is 35.5 Å². The summed E-state index contributed by atoms with van der Waals surface area (Å²) < 4.78 is 5.60. The Hall–Kier alpha value is -1.48. The number of esters is 1. The van der Waals surface area contributed by atoms with Crippen LogP contribution >= 0.6 is 0 Å². The molecule has 6 aliphatic rings. The van der Waals surface area contributed by atoms with Crippen molar-refractivity contribution in [2.24, 2.45) is 46.3 Å². The van der Waals surface area contributed by atoms with Crippen LogP contribution in [-0.2, 0) is 14.3 Å². The minimum absolute atomic E-state index is 0.0266. The standard InChI is InChI=1S/C15H16N2O3/c1-13(2,3)20-12(19)15-9-6-10(15)8-11(15)7(9)14(6,8)5(18)4-17-16/h4,6-11H,1-3H3. The molecule has 5 heteroatoms. The van der Waals surface area contributed by atoms with Crippen molar-refractivity contribution in [1.29, 1.82) is 0 Å². The molecule has 0 radical (unpaired) electrons. The minimum Gasteiger partial charge on any atom is -0.460 e. The summed E-state index contributed by atoms with van der Waals surface area (Å²) in [6, 6.07) is 0. The maximum atomic E-state index is 12.5. The molecule has 6 saturated carbocycles. The lowest BCUT2D eigenvalue weighted by atomic mass is 8.92. The molecular weight excluding hydrogens is 256 g/mol. The quantitative estimate of drug-likeness (QED) is 0.332. The largest absolute Gasteiger partial charge is 0.460 e. The van der Waals surface area contributed by atoms with Crippen LogP contribution in [0, 0.1) is 46.3 Å². The molecule has 6 aliphatic carbocycles. The van der Waals surface area contributed by atoms with Crippen molar-refractivity contribution in [2.75, 3.05) is 0 Å². The van der Waals surface area contributed by atoms with Crippen molar-refractivity contribution in [2.45, 2.75) is 26.4 Å². The Morgan fingerprint density at radius 1 is 1.05 bits per heavy atom. The van der Waals surface area contributed by atoms with Crippen LogP contribution in [0.3, 0.4) is 0 Å². The molecule has 104 valence electrons. The summed E-state index contributed by atoms with van der Waals surface area (Å²) in [6.45, 7) is 5.69. The third-order valence-corrected chi connectivity index (χ3v) is 6.98. The molecule has 0 aromatic carbocycles. The second-order valence-electron chi connectivity index (χ2n) is 8.13. The van der Waals surface area contributed by atoms with Gasteiger partial charge in [0, 0.05) is 0 Å². The zero-order chi connectivity index (χ0) is 14.2. The van der Waals surface area contributed by atoms with Crippen LogP contribution in [0.15, 0.2) is 0 Å². The van der Waals surface area contributed by atoms with Crippen LogP contribution in [0.1, 0.15) is 20.8 Å². The SMILES string of the molecule is CC(C)(C)OC(=O)C12C3C4C1C1C2C3C41C(=O)C=[N+]=[N-]. The van der Waals surface area contributed by atoms with Gasteiger partial charge in [0.1, 0.15) is 5.60 Å². The fraction of sp³-hybridized carbons (Fsp3) is 0.800. The highest BCUT2D eigenvalue weighted by molar-refractivity contribution is 6.30. The van der Waals surface area contributed by atoms with Crippen LogP contribution in [-0.4, -0.2) is 28.4 Å². The van der Waals surface area contributed by atoms with Gasteiger partial charge in [-0.15, -0.1) is 0 Å². The van der Waals surface area contributed by atoms with E-state index in [9.17, 15) is 9.59 Å². The number of carbonyl (C=O) groups excluding carboxylic acids is 2. The van der Waals surface area contributed by atoms with E-state index >= 15 is 0 Å². The summed E-state index contributed by atoms with van der Waals surface area (Å²) in [5, 5.41) is 0. The lowest BCUT2D eigenvalue weighted by Gasteiger charge is -3.09. The molecule has 0 aromatic rings. The lowest BCUT2D eigenvalue weighted by molar-refractivity contribution is -0.625. The Morgan fingerprint density at radius 2 is 1.50 bits per heavy atom. The molecule has 0 N–H and O–H groups in total. The van der Waals surface area contributed by atoms with E-state index in [1.165, 1.54) is 0 Å². The van der Waals surface area contributed by atoms with Crippen molar-refractivity contribution < 1.29 is 19.1 Å². The maximum Gasteiger partial charge on any atom is 0.323 e. The predicted molar refractivity (Wildman–Crippen MR) is 66.3 cm³/mol. The van der Waals surface area contributed by atoms with E-state index in [4.69, 9.17) is 10.3 Å². The monoisotopic (exact) mass is 272 g/mol. The van der Waals surface area contributed by atoms with Crippen LogP contribution in [0.2, 0.25) is 0 Å². The highest BCUT2D eigenvalue weighted by Gasteiger charge is 3.13. The lowest BCUT2D eigenvalue weighted by Crippen LogP contribution is -3.12. The summed E-state index contributed by atoms with van der Waals surface area (Å²) in [5.41, 5.74) is 7.64. The average Bonchev–Trinajstić information content (AvgIpc) is 2.36. The number of Topliss-reactive ketones (excluding diaryl/α,β-unsaturated/α-hetero) is 1. The molecule has 20 heavy (non-hydrogen) atoms. The van der Waals surface area contributed by atoms with Crippen LogP contribution in [0.4, 0.5) is 0 Å². The van der Waals surface area contributed by atoms with E-state index < -0.39 is 5.60 Å². The van der Waals surface area contributed by atoms with Crippen molar-refractivity contribution in [3.8, 4) is 0 Å². The maximum absolute atomic E-state index is 12.5. The van der Waals surface area contributed by atoms with Crippen molar-refractivity contribution in [3.63, 3.8) is 0 Å². The molecule has 0 unspecified atom stereocenters. The molecule has 5 nitrogen and oxygen atoms in total. The van der Waals surface area contributed by atoms with Gasteiger partial charge in [-0.2, -0.15) is 4.79 Å². The van der Waals surface area contributed by atoms with Crippen molar-refractivity contribution >= 4 is 18.0 Å². The molecule has 6 rings (SSSR count). The van der Waals surface area contributed by atoms with E-state index in [1.807, 2.05) is 20.8 Å². The number of hydrogen-bond acceptors (Lipinski definition) is 3. The molecule has 0 atom stereocenters. The van der Waals surface area contributed by atoms with E-state index in [0.717, 1.165) is 6.21 Å². The number of hydrogen-bond donors (Lipinski definition) is 0. The Bertz CT molecular complexity index is 599. The Kier molecular flexibility index (Phi) is 1.41. The zero-order valence-corrected chi connectivity index (χ0v) is 11.7. The summed E-state index contributed by atoms with van der Waals surface area (Å²) >= 11 is 0. The van der Waals surface area contributed by atoms with Crippen molar-refractivity contribution in [1.82, 2.24) is 0 Å². The first-order valence-corrected chi connectivity index (χ1v) is 7.30. The van der Waals surface area contributed by atoms with Gasteiger partial charge < -0.3 is 10.3 Å². The first-order chi connectivity index (χ1) is 9.34. The molecule has 0 aliphatic heterocycles. The van der Waals surface area contributed by atoms with Gasteiger partial charge >= 0.3 is 12.2 Å². The van der Waals surface area contributed by atoms with Crippen LogP contribution in [0.25, 0.3) is 5.53 Å². The summed E-state index contributed by atoms with van der Waals surface area (Å²) in [7, 11) is 0. The van der Waals surface area contributed by atoms with Gasteiger partial charge in [0.2, 0.25) is 5.78 Å². The minimum atomic E-state index is -0.441. The van der Waals surface area contributed by atoms with Gasteiger partial charge in [-0.25, -0.2) is 0 Å². The van der Waals surface area contributed by atoms with Gasteiger partial charge in [-0.1, -0.05) is 0 Å². The van der Waals surface area contributed by atoms with Crippen LogP contribution < -0.4 is 0 Å². The first-order valence-electron chi connectivity index (χ1n) is 7.30. The summed E-state index contributed by atoms with van der Waals surface area (Å²) in [5.74, 6) is 2.13. The molecule has 0 spiro atoms. The van der Waals surface area contributed by atoms with Gasteiger partial charge in [-0.3, -0.25) is 9.59 Å². The number of carbonyl (C=O) groups is 2. The molecule has 0 bridgehead atoms. The normalized spacial score (nSPS) is 57.5. The number of ether oxygens (including phenoxy) is 1. The third-order valence-electron chi connectivity index (χ3n) is 6.98. The van der Waals surface area contributed by atoms with Gasteiger partial charge in [-0.05, 0) is 56.3 Å². The van der Waals surface area contributed by atoms with E-state index in [2.05, 4.69) is 4.79 Å². The highest BCUT2D eigenvalue weighted by atomic mass is 16.6. The Labute approximate surface area is 116 Å². The third kappa shape index (κ3) is 0.645. The average molecular weight is 272 g/mol. The van der Waals surface area contributed by atoms with Gasteiger partial charge in [0.15, 0.2) is 0 Å². The van der Waals surface area contributed by atoms with Crippen molar-refractivity contribution in [3.05, 3.63) is 5.53 Å². The number of rotatable bonds is 3. The predicted octanol–water partition coefficient (Wildman–Crippen LogP) is 0.936. The molecule has 6 fully saturated rings. The van der Waals surface area contributed by atoms with E-state index in [-0.39, 0.29) is 22.6 Å². The van der Waals surface area contributed by atoms with E-state index in [1.54, 1.807) is 0 Å².